The van der Waals surface area contributed by atoms with Gasteiger partial charge >= 0.3 is 0 Å². The minimum absolute atomic E-state index is 0. The van der Waals surface area contributed by atoms with E-state index >= 15 is 0 Å². The maximum Gasteiger partial charge on any atom is 0.213 e. The highest BCUT2D eigenvalue weighted by Crippen LogP contribution is 2.24. The molecule has 0 spiro atoms. The van der Waals surface area contributed by atoms with Gasteiger partial charge < -0.3 is 19.7 Å². The highest BCUT2D eigenvalue weighted by atomic mass is 127. The Morgan fingerprint density at radius 3 is 2.93 bits per heavy atom. The Morgan fingerprint density at radius 2 is 2.20 bits per heavy atom. The molecular formula is C21H31IN6O2. The molecule has 8 nitrogen and oxygen atoms in total. The number of pyridine rings is 1. The van der Waals surface area contributed by atoms with Crippen molar-refractivity contribution < 1.29 is 9.47 Å². The molecule has 1 aliphatic carbocycles. The van der Waals surface area contributed by atoms with E-state index < -0.39 is 0 Å². The van der Waals surface area contributed by atoms with Gasteiger partial charge in [0.15, 0.2) is 5.96 Å². The first-order chi connectivity index (χ1) is 14.2. The Kier molecular flexibility index (Phi) is 8.32. The van der Waals surface area contributed by atoms with E-state index in [4.69, 9.17) is 9.47 Å². The molecule has 0 bridgehead atoms. The number of ether oxygens (including phenoxy) is 2. The number of nitrogens with zero attached hydrogens (tertiary/aromatic N) is 5. The van der Waals surface area contributed by atoms with E-state index in [0.29, 0.717) is 25.1 Å². The number of aromatic nitrogens is 3. The minimum Gasteiger partial charge on any atom is -0.474 e. The van der Waals surface area contributed by atoms with Crippen LogP contribution in [0, 0.1) is 0 Å². The lowest BCUT2D eigenvalue weighted by molar-refractivity contribution is -0.00805. The molecule has 30 heavy (non-hydrogen) atoms. The van der Waals surface area contributed by atoms with Crippen molar-refractivity contribution in [3.8, 4) is 5.88 Å². The fourth-order valence-electron chi connectivity index (χ4n) is 3.96. The molecule has 2 aromatic heterocycles. The standard InChI is InChI=1S/C21H30N6O2.HI/c1-22-21(27-9-10-28-19(15-27)17-13-25-26(2)14-17)24-12-16-7-8-23-20(11-16)29-18-5-3-4-6-18;/h7-8,11,13-14,18-19H,3-6,9-10,12,15H2,1-2H3,(H,22,24);1H. The van der Waals surface area contributed by atoms with Gasteiger partial charge in [0, 0.05) is 51.2 Å². The summed E-state index contributed by atoms with van der Waals surface area (Å²) in [5.41, 5.74) is 2.22. The number of halogens is 1. The monoisotopic (exact) mass is 526 g/mol. The molecule has 9 heteroatoms. The highest BCUT2D eigenvalue weighted by molar-refractivity contribution is 14.0. The van der Waals surface area contributed by atoms with Gasteiger partial charge in [-0.25, -0.2) is 4.98 Å². The quantitative estimate of drug-likeness (QED) is 0.367. The van der Waals surface area contributed by atoms with Crippen molar-refractivity contribution in [1.29, 1.82) is 0 Å². The number of aliphatic imine (C=N–C) groups is 1. The average molecular weight is 526 g/mol. The van der Waals surface area contributed by atoms with Crippen molar-refractivity contribution in [1.82, 2.24) is 25.0 Å². The van der Waals surface area contributed by atoms with Gasteiger partial charge in [-0.15, -0.1) is 24.0 Å². The van der Waals surface area contributed by atoms with Crippen LogP contribution < -0.4 is 10.1 Å². The minimum atomic E-state index is 0. The number of rotatable bonds is 5. The zero-order valence-electron chi connectivity index (χ0n) is 17.7. The second-order valence-electron chi connectivity index (χ2n) is 7.68. The fourth-order valence-corrected chi connectivity index (χ4v) is 3.96. The SMILES string of the molecule is CN=C(NCc1ccnc(OC2CCCC2)c1)N1CCOC(c2cnn(C)c2)C1.I. The second kappa shape index (κ2) is 10.9. The summed E-state index contributed by atoms with van der Waals surface area (Å²) in [6.07, 6.45) is 10.8. The second-order valence-corrected chi connectivity index (χ2v) is 7.68. The first-order valence-electron chi connectivity index (χ1n) is 10.4. The predicted molar refractivity (Wildman–Crippen MR) is 126 cm³/mol. The van der Waals surface area contributed by atoms with Crippen LogP contribution in [0.15, 0.2) is 35.7 Å². The number of morpholine rings is 1. The van der Waals surface area contributed by atoms with Gasteiger partial charge in [0.1, 0.15) is 12.2 Å². The molecule has 4 rings (SSSR count). The van der Waals surface area contributed by atoms with Crippen molar-refractivity contribution in [2.24, 2.45) is 12.0 Å². The normalized spacial score (nSPS) is 20.1. The molecule has 2 aliphatic rings. The Labute approximate surface area is 195 Å². The first-order valence-corrected chi connectivity index (χ1v) is 10.4. The molecule has 1 saturated carbocycles. The van der Waals surface area contributed by atoms with Crippen LogP contribution in [0.4, 0.5) is 0 Å². The van der Waals surface area contributed by atoms with Gasteiger partial charge in [-0.2, -0.15) is 5.10 Å². The van der Waals surface area contributed by atoms with Gasteiger partial charge in [-0.3, -0.25) is 9.67 Å². The fraction of sp³-hybridized carbons (Fsp3) is 0.571. The van der Waals surface area contributed by atoms with Crippen molar-refractivity contribution in [2.45, 2.75) is 44.4 Å². The van der Waals surface area contributed by atoms with Crippen LogP contribution in [-0.4, -0.2) is 58.5 Å². The Balaban J connectivity index is 0.00000256. The van der Waals surface area contributed by atoms with Gasteiger partial charge in [0.25, 0.3) is 0 Å². The van der Waals surface area contributed by atoms with E-state index in [9.17, 15) is 0 Å². The van der Waals surface area contributed by atoms with Crippen LogP contribution in [0.2, 0.25) is 0 Å². The molecule has 3 heterocycles. The van der Waals surface area contributed by atoms with Gasteiger partial charge in [-0.1, -0.05) is 0 Å². The molecule has 164 valence electrons. The number of hydrogen-bond donors (Lipinski definition) is 1. The molecule has 2 fully saturated rings. The molecule has 1 N–H and O–H groups in total. The summed E-state index contributed by atoms with van der Waals surface area (Å²) in [7, 11) is 3.74. The lowest BCUT2D eigenvalue weighted by Gasteiger charge is -2.34. The molecule has 0 radical (unpaired) electrons. The molecule has 1 atom stereocenters. The smallest absolute Gasteiger partial charge is 0.213 e. The van der Waals surface area contributed by atoms with Crippen LogP contribution >= 0.6 is 24.0 Å². The summed E-state index contributed by atoms with van der Waals surface area (Å²) in [6, 6.07) is 4.04. The van der Waals surface area contributed by atoms with E-state index in [-0.39, 0.29) is 30.1 Å². The van der Waals surface area contributed by atoms with Gasteiger partial charge in [-0.05, 0) is 37.3 Å². The molecule has 1 saturated heterocycles. The number of hydrogen-bond acceptors (Lipinski definition) is 5. The van der Waals surface area contributed by atoms with E-state index in [1.54, 1.807) is 4.68 Å². The Bertz CT molecular complexity index is 836. The van der Waals surface area contributed by atoms with Crippen molar-refractivity contribution in [3.05, 3.63) is 41.9 Å². The van der Waals surface area contributed by atoms with Crippen LogP contribution in [-0.2, 0) is 18.3 Å². The van der Waals surface area contributed by atoms with Crippen molar-refractivity contribution >= 4 is 29.9 Å². The number of nitrogens with one attached hydrogen (secondary N) is 1. The third-order valence-electron chi connectivity index (χ3n) is 5.51. The largest absolute Gasteiger partial charge is 0.474 e. The Hall–Kier alpha value is -1.88. The third kappa shape index (κ3) is 5.84. The summed E-state index contributed by atoms with van der Waals surface area (Å²) in [6.45, 7) is 2.89. The third-order valence-corrected chi connectivity index (χ3v) is 5.51. The first kappa shape index (κ1) is 22.8. The highest BCUT2D eigenvalue weighted by Gasteiger charge is 2.25. The van der Waals surface area contributed by atoms with E-state index in [0.717, 1.165) is 43.0 Å². The Morgan fingerprint density at radius 1 is 1.37 bits per heavy atom. The van der Waals surface area contributed by atoms with Gasteiger partial charge in [0.2, 0.25) is 5.88 Å². The summed E-state index contributed by atoms with van der Waals surface area (Å²) < 4.78 is 13.8. The molecule has 1 unspecified atom stereocenters. The van der Waals surface area contributed by atoms with Crippen LogP contribution in [0.3, 0.4) is 0 Å². The van der Waals surface area contributed by atoms with Crippen LogP contribution in [0.25, 0.3) is 0 Å². The zero-order chi connectivity index (χ0) is 20.1. The zero-order valence-corrected chi connectivity index (χ0v) is 20.0. The number of aryl methyl sites for hydroxylation is 1. The summed E-state index contributed by atoms with van der Waals surface area (Å²) in [5.74, 6) is 1.59. The molecule has 0 aromatic carbocycles. The molecule has 1 aliphatic heterocycles. The molecular weight excluding hydrogens is 495 g/mol. The maximum absolute atomic E-state index is 6.03. The van der Waals surface area contributed by atoms with E-state index in [1.165, 1.54) is 12.8 Å². The van der Waals surface area contributed by atoms with Crippen LogP contribution in [0.5, 0.6) is 5.88 Å². The summed E-state index contributed by atoms with van der Waals surface area (Å²) >= 11 is 0. The summed E-state index contributed by atoms with van der Waals surface area (Å²) in [4.78, 5) is 11.1. The van der Waals surface area contributed by atoms with Crippen molar-refractivity contribution in [2.75, 3.05) is 26.7 Å². The van der Waals surface area contributed by atoms with Crippen molar-refractivity contribution in [3.63, 3.8) is 0 Å². The number of guanidine groups is 1. The average Bonchev–Trinajstić information content (AvgIpc) is 3.41. The molecule has 2 aromatic rings. The molecule has 0 amide bonds. The lowest BCUT2D eigenvalue weighted by Crippen LogP contribution is -2.47. The van der Waals surface area contributed by atoms with E-state index in [1.807, 2.05) is 44.8 Å². The predicted octanol–water partition coefficient (Wildman–Crippen LogP) is 2.90. The topological polar surface area (TPSA) is 76.8 Å². The summed E-state index contributed by atoms with van der Waals surface area (Å²) in [5, 5.41) is 7.73. The van der Waals surface area contributed by atoms with Crippen LogP contribution in [0.1, 0.15) is 42.9 Å². The van der Waals surface area contributed by atoms with Gasteiger partial charge in [0.05, 0.1) is 19.3 Å². The van der Waals surface area contributed by atoms with E-state index in [2.05, 4.69) is 25.3 Å². The lowest BCUT2D eigenvalue weighted by atomic mass is 10.1. The maximum atomic E-state index is 6.03.